The van der Waals surface area contributed by atoms with Gasteiger partial charge in [-0.15, -0.1) is 0 Å². The monoisotopic (exact) mass is 264 g/mol. The van der Waals surface area contributed by atoms with Crippen molar-refractivity contribution in [3.8, 4) is 0 Å². The Labute approximate surface area is 113 Å². The Morgan fingerprint density at radius 2 is 2.21 bits per heavy atom. The lowest BCUT2D eigenvalue weighted by Gasteiger charge is -2.25. The van der Waals surface area contributed by atoms with E-state index in [0.29, 0.717) is 24.6 Å². The number of benzene rings is 1. The molecule has 1 aliphatic rings. The van der Waals surface area contributed by atoms with Crippen molar-refractivity contribution in [1.82, 2.24) is 4.90 Å². The third kappa shape index (κ3) is 2.78. The highest BCUT2D eigenvalue weighted by molar-refractivity contribution is 5.84. The van der Waals surface area contributed by atoms with E-state index in [0.717, 1.165) is 6.42 Å². The molecular weight excluding hydrogens is 243 g/mol. The predicted molar refractivity (Wildman–Crippen MR) is 73.2 cm³/mol. The van der Waals surface area contributed by atoms with E-state index in [1.807, 2.05) is 11.8 Å². The number of likely N-dealkylation sites (tertiary alicyclic amines) is 1. The Balaban J connectivity index is 2.14. The van der Waals surface area contributed by atoms with Crippen molar-refractivity contribution in [3.05, 3.63) is 35.6 Å². The average molecular weight is 264 g/mol. The first kappa shape index (κ1) is 14.0. The molecule has 1 saturated heterocycles. The second-order valence-corrected chi connectivity index (χ2v) is 5.42. The van der Waals surface area contributed by atoms with Crippen molar-refractivity contribution in [2.75, 3.05) is 13.1 Å². The van der Waals surface area contributed by atoms with Crippen molar-refractivity contribution < 1.29 is 9.18 Å². The summed E-state index contributed by atoms with van der Waals surface area (Å²) in [6.07, 6.45) is 0.937. The van der Waals surface area contributed by atoms with Crippen LogP contribution in [0.1, 0.15) is 31.7 Å². The topological polar surface area (TPSA) is 46.3 Å². The Hall–Kier alpha value is -1.42. The van der Waals surface area contributed by atoms with Gasteiger partial charge in [-0.25, -0.2) is 4.39 Å². The molecule has 0 aromatic heterocycles. The van der Waals surface area contributed by atoms with Gasteiger partial charge in [0.2, 0.25) is 5.91 Å². The molecule has 0 spiro atoms. The van der Waals surface area contributed by atoms with Gasteiger partial charge in [-0.1, -0.05) is 18.2 Å². The second-order valence-electron chi connectivity index (χ2n) is 5.42. The van der Waals surface area contributed by atoms with Crippen LogP contribution in [0.4, 0.5) is 4.39 Å². The molecule has 1 aliphatic heterocycles. The lowest BCUT2D eigenvalue weighted by Crippen LogP contribution is -2.37. The fourth-order valence-corrected chi connectivity index (χ4v) is 2.83. The minimum absolute atomic E-state index is 0.00597. The van der Waals surface area contributed by atoms with Crippen LogP contribution >= 0.6 is 0 Å². The van der Waals surface area contributed by atoms with Crippen LogP contribution in [0.15, 0.2) is 24.3 Å². The van der Waals surface area contributed by atoms with Gasteiger partial charge in [0, 0.05) is 12.6 Å². The number of carbonyl (C=O) groups is 1. The van der Waals surface area contributed by atoms with Gasteiger partial charge >= 0.3 is 0 Å². The van der Waals surface area contributed by atoms with Crippen LogP contribution in [0.25, 0.3) is 0 Å². The molecule has 0 radical (unpaired) electrons. The summed E-state index contributed by atoms with van der Waals surface area (Å²) in [4.78, 5) is 14.3. The van der Waals surface area contributed by atoms with Crippen LogP contribution < -0.4 is 5.73 Å². The maximum atomic E-state index is 13.7. The molecule has 104 valence electrons. The van der Waals surface area contributed by atoms with Gasteiger partial charge in [0.25, 0.3) is 0 Å². The van der Waals surface area contributed by atoms with Gasteiger partial charge in [0.15, 0.2) is 0 Å². The number of halogens is 1. The molecular formula is C15H21FN2O. The smallest absolute Gasteiger partial charge is 0.230 e. The molecule has 3 unspecified atom stereocenters. The molecule has 3 atom stereocenters. The molecule has 1 fully saturated rings. The van der Waals surface area contributed by atoms with Crippen LogP contribution in [0.2, 0.25) is 0 Å². The van der Waals surface area contributed by atoms with Crippen LogP contribution in [-0.4, -0.2) is 29.9 Å². The van der Waals surface area contributed by atoms with E-state index in [2.05, 4.69) is 0 Å². The molecule has 19 heavy (non-hydrogen) atoms. The van der Waals surface area contributed by atoms with Crippen LogP contribution in [0.5, 0.6) is 0 Å². The van der Waals surface area contributed by atoms with Gasteiger partial charge in [0.1, 0.15) is 5.82 Å². The molecule has 0 aliphatic carbocycles. The largest absolute Gasteiger partial charge is 0.339 e. The lowest BCUT2D eigenvalue weighted by molar-refractivity contribution is -0.133. The zero-order valence-corrected chi connectivity index (χ0v) is 11.5. The first-order valence-electron chi connectivity index (χ1n) is 6.79. The number of hydrogen-bond acceptors (Lipinski definition) is 2. The third-order valence-corrected chi connectivity index (χ3v) is 4.02. The van der Waals surface area contributed by atoms with Crippen LogP contribution in [0.3, 0.4) is 0 Å². The molecule has 4 heteroatoms. The first-order chi connectivity index (χ1) is 9.04. The van der Waals surface area contributed by atoms with Crippen molar-refractivity contribution in [3.63, 3.8) is 0 Å². The fourth-order valence-electron chi connectivity index (χ4n) is 2.83. The molecule has 0 saturated carbocycles. The van der Waals surface area contributed by atoms with Crippen LogP contribution in [0, 0.1) is 11.7 Å². The Kier molecular flexibility index (Phi) is 4.20. The molecule has 1 aromatic carbocycles. The van der Waals surface area contributed by atoms with Crippen molar-refractivity contribution in [2.45, 2.75) is 32.2 Å². The van der Waals surface area contributed by atoms with Crippen LogP contribution in [-0.2, 0) is 4.79 Å². The third-order valence-electron chi connectivity index (χ3n) is 4.02. The Morgan fingerprint density at radius 1 is 1.53 bits per heavy atom. The summed E-state index contributed by atoms with van der Waals surface area (Å²) in [5, 5.41) is 0. The zero-order valence-electron chi connectivity index (χ0n) is 11.5. The summed E-state index contributed by atoms with van der Waals surface area (Å²) < 4.78 is 13.7. The van der Waals surface area contributed by atoms with E-state index in [-0.39, 0.29) is 17.8 Å². The maximum Gasteiger partial charge on any atom is 0.230 e. The Morgan fingerprint density at radius 3 is 2.79 bits per heavy atom. The summed E-state index contributed by atoms with van der Waals surface area (Å²) in [6, 6.07) is 6.67. The lowest BCUT2D eigenvalue weighted by atomic mass is 9.99. The maximum absolute atomic E-state index is 13.7. The number of hydrogen-bond donors (Lipinski definition) is 1. The minimum Gasteiger partial charge on any atom is -0.339 e. The number of carbonyl (C=O) groups excluding carboxylic acids is 1. The standard InChI is InChI=1S/C15H21FN2O/c1-10-7-12(8-17)9-18(10)15(19)11(2)13-5-3-4-6-14(13)16/h3-6,10-12H,7-9,17H2,1-2H3. The first-order valence-corrected chi connectivity index (χ1v) is 6.79. The quantitative estimate of drug-likeness (QED) is 0.909. The highest BCUT2D eigenvalue weighted by atomic mass is 19.1. The van der Waals surface area contributed by atoms with Gasteiger partial charge in [-0.3, -0.25) is 4.79 Å². The molecule has 2 rings (SSSR count). The van der Waals surface area contributed by atoms with Crippen molar-refractivity contribution >= 4 is 5.91 Å². The molecule has 1 heterocycles. The van der Waals surface area contributed by atoms with Gasteiger partial charge < -0.3 is 10.6 Å². The normalized spacial score (nSPS) is 24.5. The van der Waals surface area contributed by atoms with Gasteiger partial charge in [0.05, 0.1) is 5.92 Å². The second kappa shape index (κ2) is 5.70. The van der Waals surface area contributed by atoms with E-state index in [4.69, 9.17) is 5.73 Å². The number of nitrogens with two attached hydrogens (primary N) is 1. The summed E-state index contributed by atoms with van der Waals surface area (Å²) >= 11 is 0. The van der Waals surface area contributed by atoms with E-state index in [1.54, 1.807) is 25.1 Å². The molecule has 1 aromatic rings. The summed E-state index contributed by atoms with van der Waals surface area (Å²) in [7, 11) is 0. The van der Waals surface area contributed by atoms with E-state index in [9.17, 15) is 9.18 Å². The molecule has 1 amide bonds. The molecule has 0 bridgehead atoms. The highest BCUT2D eigenvalue weighted by Crippen LogP contribution is 2.28. The van der Waals surface area contributed by atoms with Gasteiger partial charge in [-0.2, -0.15) is 0 Å². The molecule has 3 nitrogen and oxygen atoms in total. The number of nitrogens with zero attached hydrogens (tertiary/aromatic N) is 1. The predicted octanol–water partition coefficient (Wildman–Crippen LogP) is 2.12. The zero-order chi connectivity index (χ0) is 14.0. The van der Waals surface area contributed by atoms with Crippen molar-refractivity contribution in [2.24, 2.45) is 11.7 Å². The van der Waals surface area contributed by atoms with E-state index < -0.39 is 5.92 Å². The summed E-state index contributed by atoms with van der Waals surface area (Å²) in [6.45, 7) is 5.09. The van der Waals surface area contributed by atoms with Gasteiger partial charge in [-0.05, 0) is 44.4 Å². The van der Waals surface area contributed by atoms with Crippen molar-refractivity contribution in [1.29, 1.82) is 0 Å². The number of rotatable bonds is 3. The van der Waals surface area contributed by atoms with E-state index in [1.165, 1.54) is 6.07 Å². The minimum atomic E-state index is -0.444. The Bertz CT molecular complexity index is 463. The van der Waals surface area contributed by atoms with E-state index >= 15 is 0 Å². The fraction of sp³-hybridized carbons (Fsp3) is 0.533. The SMILES string of the molecule is CC(C(=O)N1CC(CN)CC1C)c1ccccc1F. The highest BCUT2D eigenvalue weighted by Gasteiger charge is 2.34. The summed E-state index contributed by atoms with van der Waals surface area (Å²) in [5.41, 5.74) is 6.14. The average Bonchev–Trinajstić information content (AvgIpc) is 2.79. The summed E-state index contributed by atoms with van der Waals surface area (Å²) in [5.74, 6) is -0.397. The molecule has 2 N–H and O–H groups in total. The number of amides is 1.